The topological polar surface area (TPSA) is 50.9 Å². The van der Waals surface area contributed by atoms with Crippen LogP contribution in [-0.2, 0) is 6.42 Å². The molecule has 0 atom stereocenters. The second-order valence-corrected chi connectivity index (χ2v) is 3.72. The molecule has 0 bridgehead atoms. The Kier molecular flexibility index (Phi) is 2.85. The summed E-state index contributed by atoms with van der Waals surface area (Å²) < 4.78 is 0. The largest absolute Gasteiger partial charge is 0.410 e. The normalized spacial score (nSPS) is 11.0. The van der Waals surface area contributed by atoms with E-state index in [1.54, 1.807) is 0 Å². The quantitative estimate of drug-likeness (QED) is 0.616. The molecule has 0 radical (unpaired) electrons. The summed E-state index contributed by atoms with van der Waals surface area (Å²) in [5.41, 5.74) is 2.67. The lowest BCUT2D eigenvalue weighted by atomic mass is 10.1. The zero-order chi connectivity index (χ0) is 10.7. The fraction of sp³-hybridized carbons (Fsp3) is 0.455. The van der Waals surface area contributed by atoms with Crippen LogP contribution in [0.25, 0.3) is 11.0 Å². The summed E-state index contributed by atoms with van der Waals surface area (Å²) in [6.07, 6.45) is 4.60. The number of nitrogens with zero attached hydrogens (tertiary/aromatic N) is 3. The van der Waals surface area contributed by atoms with Gasteiger partial charge in [0.15, 0.2) is 0 Å². The van der Waals surface area contributed by atoms with E-state index in [1.165, 1.54) is 18.4 Å². The number of benzene rings is 1. The Balaban J connectivity index is 2.26. The molecule has 0 unspecified atom stereocenters. The molecule has 1 aromatic carbocycles. The van der Waals surface area contributed by atoms with Gasteiger partial charge in [-0.2, -0.15) is 0 Å². The molecule has 4 heteroatoms. The van der Waals surface area contributed by atoms with Crippen molar-refractivity contribution in [3.8, 4) is 0 Å². The van der Waals surface area contributed by atoms with E-state index in [4.69, 9.17) is 0 Å². The summed E-state index contributed by atoms with van der Waals surface area (Å²) in [7, 11) is 0. The maximum atomic E-state index is 9.35. The highest BCUT2D eigenvalue weighted by atomic mass is 16.5. The van der Waals surface area contributed by atoms with Crippen LogP contribution in [-0.4, -0.2) is 20.4 Å². The maximum absolute atomic E-state index is 9.35. The molecule has 0 spiro atoms. The average Bonchev–Trinajstić information content (AvgIpc) is 2.62. The highest BCUT2D eigenvalue weighted by Crippen LogP contribution is 2.17. The minimum atomic E-state index is 0.684. The summed E-state index contributed by atoms with van der Waals surface area (Å²) in [5.74, 6) is 0. The first kappa shape index (κ1) is 9.96. The molecular weight excluding hydrogens is 190 g/mol. The van der Waals surface area contributed by atoms with Gasteiger partial charge >= 0.3 is 0 Å². The minimum absolute atomic E-state index is 0.684. The van der Waals surface area contributed by atoms with Gasteiger partial charge in [-0.25, -0.2) is 0 Å². The van der Waals surface area contributed by atoms with Gasteiger partial charge in [-0.15, -0.1) is 5.10 Å². The Morgan fingerprint density at radius 3 is 3.00 bits per heavy atom. The van der Waals surface area contributed by atoms with E-state index in [0.717, 1.165) is 23.2 Å². The van der Waals surface area contributed by atoms with Crippen molar-refractivity contribution in [1.82, 2.24) is 15.2 Å². The fourth-order valence-corrected chi connectivity index (χ4v) is 1.76. The van der Waals surface area contributed by atoms with Crippen molar-refractivity contribution in [2.75, 3.05) is 0 Å². The van der Waals surface area contributed by atoms with E-state index in [-0.39, 0.29) is 0 Å². The zero-order valence-corrected chi connectivity index (χ0v) is 8.85. The van der Waals surface area contributed by atoms with Gasteiger partial charge in [0.05, 0.1) is 0 Å². The molecule has 0 aliphatic carbocycles. The first-order valence-corrected chi connectivity index (χ1v) is 5.35. The summed E-state index contributed by atoms with van der Waals surface area (Å²) in [6.45, 7) is 2.19. The van der Waals surface area contributed by atoms with E-state index in [2.05, 4.69) is 17.2 Å². The number of aryl methyl sites for hydroxylation is 1. The lowest BCUT2D eigenvalue weighted by Gasteiger charge is -2.00. The Bertz CT molecular complexity index is 450. The fourth-order valence-electron chi connectivity index (χ4n) is 1.76. The molecule has 0 saturated carbocycles. The molecule has 0 aliphatic rings. The van der Waals surface area contributed by atoms with Crippen molar-refractivity contribution in [1.29, 1.82) is 0 Å². The van der Waals surface area contributed by atoms with Crippen LogP contribution in [0, 0.1) is 0 Å². The Hall–Kier alpha value is -1.58. The monoisotopic (exact) mass is 205 g/mol. The molecular formula is C11H15N3O. The molecule has 2 rings (SSSR count). The lowest BCUT2D eigenvalue weighted by molar-refractivity contribution is 0.155. The summed E-state index contributed by atoms with van der Waals surface area (Å²) in [6, 6.07) is 5.80. The van der Waals surface area contributed by atoms with Gasteiger partial charge in [-0.1, -0.05) is 36.7 Å². The summed E-state index contributed by atoms with van der Waals surface area (Å²) in [5, 5.41) is 16.9. The van der Waals surface area contributed by atoms with E-state index < -0.39 is 0 Å². The predicted octanol–water partition coefficient (Wildman–Crippen LogP) is 2.40. The van der Waals surface area contributed by atoms with Crippen molar-refractivity contribution in [3.05, 3.63) is 23.8 Å². The number of hydrogen-bond donors (Lipinski definition) is 1. The standard InChI is InChI=1S/C11H15N3O/c1-2-3-4-6-9-7-5-8-10-11(9)12-13-14(10)15/h5,7-8,15H,2-4,6H2,1H3. The Morgan fingerprint density at radius 2 is 2.20 bits per heavy atom. The number of unbranched alkanes of at least 4 members (excludes halogenated alkanes) is 2. The molecule has 0 fully saturated rings. The smallest absolute Gasteiger partial charge is 0.130 e. The van der Waals surface area contributed by atoms with E-state index in [0.29, 0.717) is 5.52 Å². The van der Waals surface area contributed by atoms with Crippen molar-refractivity contribution in [2.24, 2.45) is 0 Å². The zero-order valence-electron chi connectivity index (χ0n) is 8.85. The third kappa shape index (κ3) is 1.93. The molecule has 0 aliphatic heterocycles. The average molecular weight is 205 g/mol. The highest BCUT2D eigenvalue weighted by molar-refractivity contribution is 5.77. The van der Waals surface area contributed by atoms with E-state index in [1.807, 2.05) is 18.2 Å². The first-order valence-electron chi connectivity index (χ1n) is 5.35. The third-order valence-corrected chi connectivity index (χ3v) is 2.59. The molecule has 80 valence electrons. The number of hydrogen-bond acceptors (Lipinski definition) is 3. The maximum Gasteiger partial charge on any atom is 0.130 e. The first-order chi connectivity index (χ1) is 7.33. The van der Waals surface area contributed by atoms with Gasteiger partial charge in [0.1, 0.15) is 11.0 Å². The van der Waals surface area contributed by atoms with Crippen LogP contribution in [0.1, 0.15) is 31.7 Å². The van der Waals surface area contributed by atoms with Gasteiger partial charge in [-0.05, 0) is 29.7 Å². The number of fused-ring (bicyclic) bond motifs is 1. The van der Waals surface area contributed by atoms with Crippen LogP contribution in [0.2, 0.25) is 0 Å². The number of rotatable bonds is 4. The summed E-state index contributed by atoms with van der Waals surface area (Å²) >= 11 is 0. The van der Waals surface area contributed by atoms with Gasteiger partial charge < -0.3 is 5.21 Å². The molecule has 0 amide bonds. The Labute approximate surface area is 88.5 Å². The predicted molar refractivity (Wildman–Crippen MR) is 57.9 cm³/mol. The van der Waals surface area contributed by atoms with Crippen LogP contribution < -0.4 is 0 Å². The molecule has 15 heavy (non-hydrogen) atoms. The molecule has 2 aromatic rings. The molecule has 1 heterocycles. The van der Waals surface area contributed by atoms with Crippen molar-refractivity contribution < 1.29 is 5.21 Å². The molecule has 0 saturated heterocycles. The lowest BCUT2D eigenvalue weighted by Crippen LogP contribution is -1.91. The van der Waals surface area contributed by atoms with Crippen molar-refractivity contribution in [3.63, 3.8) is 0 Å². The van der Waals surface area contributed by atoms with Crippen LogP contribution >= 0.6 is 0 Å². The highest BCUT2D eigenvalue weighted by Gasteiger charge is 2.07. The van der Waals surface area contributed by atoms with Crippen molar-refractivity contribution >= 4 is 11.0 Å². The summed E-state index contributed by atoms with van der Waals surface area (Å²) in [4.78, 5) is 0.832. The van der Waals surface area contributed by atoms with Crippen LogP contribution in [0.3, 0.4) is 0 Å². The minimum Gasteiger partial charge on any atom is -0.410 e. The van der Waals surface area contributed by atoms with Crippen LogP contribution in [0.4, 0.5) is 0 Å². The Morgan fingerprint density at radius 1 is 1.33 bits per heavy atom. The van der Waals surface area contributed by atoms with Crippen LogP contribution in [0.5, 0.6) is 0 Å². The van der Waals surface area contributed by atoms with E-state index in [9.17, 15) is 5.21 Å². The SMILES string of the molecule is CCCCCc1cccc2c1nnn2O. The second-order valence-electron chi connectivity index (χ2n) is 3.72. The number of aromatic nitrogens is 3. The second kappa shape index (κ2) is 4.29. The van der Waals surface area contributed by atoms with Crippen LogP contribution in [0.15, 0.2) is 18.2 Å². The van der Waals surface area contributed by atoms with Gasteiger partial charge in [0.25, 0.3) is 0 Å². The third-order valence-electron chi connectivity index (χ3n) is 2.59. The van der Waals surface area contributed by atoms with Gasteiger partial charge in [0.2, 0.25) is 0 Å². The molecule has 1 N–H and O–H groups in total. The molecule has 1 aromatic heterocycles. The van der Waals surface area contributed by atoms with Crippen molar-refractivity contribution in [2.45, 2.75) is 32.6 Å². The van der Waals surface area contributed by atoms with Gasteiger partial charge in [-0.3, -0.25) is 0 Å². The van der Waals surface area contributed by atoms with Gasteiger partial charge in [0, 0.05) is 0 Å². The molecule has 4 nitrogen and oxygen atoms in total. The van der Waals surface area contributed by atoms with E-state index >= 15 is 0 Å².